The van der Waals surface area contributed by atoms with E-state index in [1.165, 1.54) is 0 Å². The smallest absolute Gasteiger partial charge is 0.225 e. The summed E-state index contributed by atoms with van der Waals surface area (Å²) in [4.78, 5) is 14.5. The van der Waals surface area contributed by atoms with Gasteiger partial charge in [-0.15, -0.1) is 0 Å². The van der Waals surface area contributed by atoms with E-state index in [-0.39, 0.29) is 5.91 Å². The highest BCUT2D eigenvalue weighted by molar-refractivity contribution is 5.92. The molecule has 0 spiro atoms. The standard InChI is InChI=1S/C16H23N3O2/c1-21-15-5-3-2-4-14(15)18-16(20)6-7-19-10-12-8-17-9-13(12)11-19/h2-5,12-13,17H,6-11H2,1H3,(H,18,20). The van der Waals surface area contributed by atoms with E-state index < -0.39 is 0 Å². The quantitative estimate of drug-likeness (QED) is 0.854. The van der Waals surface area contributed by atoms with Gasteiger partial charge in [0.05, 0.1) is 12.8 Å². The Bertz CT molecular complexity index is 494. The Labute approximate surface area is 125 Å². The second-order valence-electron chi connectivity index (χ2n) is 5.94. The molecule has 1 aromatic carbocycles. The fourth-order valence-electron chi connectivity index (χ4n) is 3.36. The molecule has 2 aliphatic rings. The van der Waals surface area contributed by atoms with Crippen molar-refractivity contribution in [1.29, 1.82) is 0 Å². The van der Waals surface area contributed by atoms with E-state index >= 15 is 0 Å². The van der Waals surface area contributed by atoms with Crippen LogP contribution in [0.4, 0.5) is 5.69 Å². The Morgan fingerprint density at radius 1 is 1.33 bits per heavy atom. The topological polar surface area (TPSA) is 53.6 Å². The van der Waals surface area contributed by atoms with Crippen molar-refractivity contribution in [3.8, 4) is 5.75 Å². The maximum atomic E-state index is 12.1. The van der Waals surface area contributed by atoms with Crippen LogP contribution in [0.3, 0.4) is 0 Å². The van der Waals surface area contributed by atoms with E-state index in [0.717, 1.165) is 50.2 Å². The Morgan fingerprint density at radius 2 is 2.05 bits per heavy atom. The van der Waals surface area contributed by atoms with E-state index in [4.69, 9.17) is 4.74 Å². The highest BCUT2D eigenvalue weighted by atomic mass is 16.5. The number of para-hydroxylation sites is 2. The van der Waals surface area contributed by atoms with Gasteiger partial charge in [-0.3, -0.25) is 4.79 Å². The SMILES string of the molecule is COc1ccccc1NC(=O)CCN1CC2CNCC2C1. The van der Waals surface area contributed by atoms with Crippen LogP contribution in [0.25, 0.3) is 0 Å². The van der Waals surface area contributed by atoms with Crippen molar-refractivity contribution in [2.75, 3.05) is 45.2 Å². The molecule has 2 saturated heterocycles. The van der Waals surface area contributed by atoms with Gasteiger partial charge in [0.15, 0.2) is 0 Å². The molecule has 114 valence electrons. The molecule has 0 aromatic heterocycles. The Morgan fingerprint density at radius 3 is 2.76 bits per heavy atom. The highest BCUT2D eigenvalue weighted by Crippen LogP contribution is 2.26. The number of nitrogens with zero attached hydrogens (tertiary/aromatic N) is 1. The third kappa shape index (κ3) is 3.36. The molecule has 21 heavy (non-hydrogen) atoms. The van der Waals surface area contributed by atoms with Crippen LogP contribution in [0.1, 0.15) is 6.42 Å². The predicted octanol–water partition coefficient (Wildman–Crippen LogP) is 1.17. The van der Waals surface area contributed by atoms with Gasteiger partial charge >= 0.3 is 0 Å². The molecule has 0 radical (unpaired) electrons. The zero-order chi connectivity index (χ0) is 14.7. The summed E-state index contributed by atoms with van der Waals surface area (Å²) in [6, 6.07) is 7.51. The number of benzene rings is 1. The minimum absolute atomic E-state index is 0.0506. The van der Waals surface area contributed by atoms with Crippen molar-refractivity contribution in [3.05, 3.63) is 24.3 Å². The average molecular weight is 289 g/mol. The number of anilines is 1. The maximum absolute atomic E-state index is 12.1. The molecule has 2 aliphatic heterocycles. The first-order valence-electron chi connectivity index (χ1n) is 7.62. The molecule has 5 heteroatoms. The monoisotopic (exact) mass is 289 g/mol. The number of ether oxygens (including phenoxy) is 1. The van der Waals surface area contributed by atoms with Crippen LogP contribution in [-0.2, 0) is 4.79 Å². The molecule has 2 unspecified atom stereocenters. The van der Waals surface area contributed by atoms with Crippen molar-refractivity contribution in [3.63, 3.8) is 0 Å². The second-order valence-corrected chi connectivity index (χ2v) is 5.94. The summed E-state index contributed by atoms with van der Waals surface area (Å²) in [5, 5.41) is 6.37. The number of amides is 1. The molecule has 2 N–H and O–H groups in total. The summed E-state index contributed by atoms with van der Waals surface area (Å²) in [7, 11) is 1.61. The van der Waals surface area contributed by atoms with Crippen molar-refractivity contribution in [2.45, 2.75) is 6.42 Å². The van der Waals surface area contributed by atoms with Gasteiger partial charge in [0.25, 0.3) is 0 Å². The number of likely N-dealkylation sites (tertiary alicyclic amines) is 1. The fraction of sp³-hybridized carbons (Fsp3) is 0.562. The van der Waals surface area contributed by atoms with Gasteiger partial charge in [0.1, 0.15) is 5.75 Å². The van der Waals surface area contributed by atoms with Gasteiger partial charge in [-0.05, 0) is 37.1 Å². The molecule has 2 atom stereocenters. The number of carbonyl (C=O) groups is 1. The van der Waals surface area contributed by atoms with Gasteiger partial charge in [-0.2, -0.15) is 0 Å². The molecule has 2 fully saturated rings. The minimum Gasteiger partial charge on any atom is -0.495 e. The molecule has 2 heterocycles. The normalized spacial score (nSPS) is 24.8. The lowest BCUT2D eigenvalue weighted by atomic mass is 10.0. The van der Waals surface area contributed by atoms with Gasteiger partial charge < -0.3 is 20.3 Å². The van der Waals surface area contributed by atoms with E-state index in [0.29, 0.717) is 12.2 Å². The summed E-state index contributed by atoms with van der Waals surface area (Å²) in [6.45, 7) is 5.36. The summed E-state index contributed by atoms with van der Waals surface area (Å²) in [6.07, 6.45) is 0.533. The number of fused-ring (bicyclic) bond motifs is 1. The van der Waals surface area contributed by atoms with Crippen LogP contribution in [0.2, 0.25) is 0 Å². The number of rotatable bonds is 5. The molecular formula is C16H23N3O2. The van der Waals surface area contributed by atoms with Crippen LogP contribution < -0.4 is 15.4 Å². The van der Waals surface area contributed by atoms with Crippen molar-refractivity contribution in [2.24, 2.45) is 11.8 Å². The van der Waals surface area contributed by atoms with E-state index in [1.807, 2.05) is 24.3 Å². The number of hydrogen-bond acceptors (Lipinski definition) is 4. The molecule has 3 rings (SSSR count). The summed E-state index contributed by atoms with van der Waals surface area (Å²) >= 11 is 0. The first kappa shape index (κ1) is 14.4. The Hall–Kier alpha value is -1.59. The Kier molecular flexibility index (Phi) is 4.41. The molecule has 0 aliphatic carbocycles. The predicted molar refractivity (Wildman–Crippen MR) is 82.5 cm³/mol. The number of methoxy groups -OCH3 is 1. The third-order valence-electron chi connectivity index (χ3n) is 4.50. The minimum atomic E-state index is 0.0506. The maximum Gasteiger partial charge on any atom is 0.225 e. The zero-order valence-corrected chi connectivity index (χ0v) is 12.5. The van der Waals surface area contributed by atoms with Crippen molar-refractivity contribution >= 4 is 11.6 Å². The Balaban J connectivity index is 1.46. The van der Waals surface area contributed by atoms with Gasteiger partial charge in [0.2, 0.25) is 5.91 Å². The molecule has 1 aromatic rings. The molecular weight excluding hydrogens is 266 g/mol. The molecule has 0 bridgehead atoms. The van der Waals surface area contributed by atoms with Crippen LogP contribution in [-0.4, -0.2) is 50.6 Å². The van der Waals surface area contributed by atoms with Crippen LogP contribution >= 0.6 is 0 Å². The van der Waals surface area contributed by atoms with E-state index in [1.54, 1.807) is 7.11 Å². The lowest BCUT2D eigenvalue weighted by Gasteiger charge is -2.16. The van der Waals surface area contributed by atoms with Crippen molar-refractivity contribution in [1.82, 2.24) is 10.2 Å². The van der Waals surface area contributed by atoms with Crippen LogP contribution in [0, 0.1) is 11.8 Å². The van der Waals surface area contributed by atoms with E-state index in [2.05, 4.69) is 15.5 Å². The zero-order valence-electron chi connectivity index (χ0n) is 12.5. The molecule has 5 nitrogen and oxygen atoms in total. The first-order chi connectivity index (χ1) is 10.3. The summed E-state index contributed by atoms with van der Waals surface area (Å²) in [5.74, 6) is 2.31. The average Bonchev–Trinajstić information content (AvgIpc) is 3.07. The van der Waals surface area contributed by atoms with Gasteiger partial charge in [-0.25, -0.2) is 0 Å². The van der Waals surface area contributed by atoms with Gasteiger partial charge in [0, 0.05) is 26.1 Å². The number of nitrogens with one attached hydrogen (secondary N) is 2. The highest BCUT2D eigenvalue weighted by Gasteiger charge is 2.35. The van der Waals surface area contributed by atoms with Crippen LogP contribution in [0.15, 0.2) is 24.3 Å². The first-order valence-corrected chi connectivity index (χ1v) is 7.62. The lowest BCUT2D eigenvalue weighted by Crippen LogP contribution is -2.29. The largest absolute Gasteiger partial charge is 0.495 e. The number of hydrogen-bond donors (Lipinski definition) is 2. The van der Waals surface area contributed by atoms with Crippen molar-refractivity contribution < 1.29 is 9.53 Å². The summed E-state index contributed by atoms with van der Waals surface area (Å²) < 4.78 is 5.24. The number of carbonyl (C=O) groups excluding carboxylic acids is 1. The molecule has 1 amide bonds. The lowest BCUT2D eigenvalue weighted by molar-refractivity contribution is -0.116. The fourth-order valence-corrected chi connectivity index (χ4v) is 3.36. The van der Waals surface area contributed by atoms with Gasteiger partial charge in [-0.1, -0.05) is 12.1 Å². The summed E-state index contributed by atoms with van der Waals surface area (Å²) in [5.41, 5.74) is 0.743. The third-order valence-corrected chi connectivity index (χ3v) is 4.50. The van der Waals surface area contributed by atoms with E-state index in [9.17, 15) is 4.79 Å². The molecule has 0 saturated carbocycles. The second kappa shape index (κ2) is 6.45. The van der Waals surface area contributed by atoms with Crippen LogP contribution in [0.5, 0.6) is 5.75 Å².